The first-order valence-electron chi connectivity index (χ1n) is 7.36. The Balaban J connectivity index is 3.37. The molecule has 0 aromatic heterocycles. The molecule has 0 saturated carbocycles. The van der Waals surface area contributed by atoms with E-state index in [1.807, 2.05) is 11.1 Å². The molecule has 0 aromatic carbocycles. The van der Waals surface area contributed by atoms with Crippen LogP contribution in [0.25, 0.3) is 0 Å². The third-order valence-corrected chi connectivity index (χ3v) is 2.98. The molecule has 3 heteroatoms. The third-order valence-electron chi connectivity index (χ3n) is 2.67. The lowest BCUT2D eigenvalue weighted by Gasteiger charge is -1.95. The van der Waals surface area contributed by atoms with E-state index in [0.29, 0.717) is 12.8 Å². The summed E-state index contributed by atoms with van der Waals surface area (Å²) in [6, 6.07) is 0. The molecule has 21 heavy (non-hydrogen) atoms. The molecule has 0 aromatic rings. The fourth-order valence-electron chi connectivity index (χ4n) is 1.59. The number of hydrogen-bond acceptors (Lipinski definition) is 1. The molecular weight excluding hydrogens is 328 g/mol. The molecule has 0 bridgehead atoms. The van der Waals surface area contributed by atoms with E-state index in [1.165, 1.54) is 19.3 Å². The Kier molecular flexibility index (Phi) is 15.5. The van der Waals surface area contributed by atoms with Gasteiger partial charge in [0.2, 0.25) is 0 Å². The normalized spacial score (nSPS) is 10.1. The van der Waals surface area contributed by atoms with E-state index in [4.69, 9.17) is 5.11 Å². The Morgan fingerprint density at radius 1 is 0.952 bits per heavy atom. The molecule has 1 N–H and O–H groups in total. The second-order valence-electron chi connectivity index (χ2n) is 4.55. The van der Waals surface area contributed by atoms with Crippen molar-refractivity contribution in [3.8, 4) is 23.7 Å². The van der Waals surface area contributed by atoms with Gasteiger partial charge in [0.1, 0.15) is 0 Å². The van der Waals surface area contributed by atoms with Crippen LogP contribution in [-0.2, 0) is 4.79 Å². The van der Waals surface area contributed by atoms with Gasteiger partial charge in [0, 0.05) is 19.3 Å². The van der Waals surface area contributed by atoms with E-state index in [9.17, 15) is 4.79 Å². The quantitative estimate of drug-likeness (QED) is 0.340. The third kappa shape index (κ3) is 18.5. The summed E-state index contributed by atoms with van der Waals surface area (Å²) < 4.78 is 0. The van der Waals surface area contributed by atoms with E-state index >= 15 is 0 Å². The van der Waals surface area contributed by atoms with Gasteiger partial charge in [-0.3, -0.25) is 4.79 Å². The highest BCUT2D eigenvalue weighted by Gasteiger charge is 1.92. The molecule has 0 rings (SSSR count). The van der Waals surface area contributed by atoms with Crippen LogP contribution >= 0.6 is 15.9 Å². The van der Waals surface area contributed by atoms with Crippen LogP contribution in [0.5, 0.6) is 0 Å². The van der Waals surface area contributed by atoms with Gasteiger partial charge >= 0.3 is 5.97 Å². The molecule has 0 aliphatic carbocycles. The Labute approximate surface area is 136 Å². The van der Waals surface area contributed by atoms with Crippen molar-refractivity contribution in [1.82, 2.24) is 0 Å². The number of unbranched alkanes of at least 4 members (excludes halogenated alkanes) is 6. The van der Waals surface area contributed by atoms with Gasteiger partial charge in [-0.05, 0) is 42.5 Å². The highest BCUT2D eigenvalue weighted by Crippen LogP contribution is 2.05. The van der Waals surface area contributed by atoms with Crippen molar-refractivity contribution in [3.63, 3.8) is 0 Å². The standard InChI is InChI=1S/C18H23BrO2/c19-17-15-13-11-9-7-5-3-1-2-4-6-8-10-12-14-16-18(20)21/h11,13,15,17H,1-3,5,7,9,12,14,16H2,(H,20,21)/b13-11+,17-15+. The number of hydrogen-bond donors (Lipinski definition) is 1. The molecule has 0 fully saturated rings. The van der Waals surface area contributed by atoms with Crippen molar-refractivity contribution < 1.29 is 9.90 Å². The topological polar surface area (TPSA) is 37.3 Å². The summed E-state index contributed by atoms with van der Waals surface area (Å²) in [6.45, 7) is 0. The van der Waals surface area contributed by atoms with Crippen LogP contribution in [0.1, 0.15) is 57.8 Å². The maximum atomic E-state index is 10.3. The second-order valence-corrected chi connectivity index (χ2v) is 5.08. The van der Waals surface area contributed by atoms with Crippen molar-refractivity contribution in [2.75, 3.05) is 0 Å². The number of aliphatic carboxylic acids is 1. The summed E-state index contributed by atoms with van der Waals surface area (Å²) in [7, 11) is 0. The molecule has 0 aliphatic rings. The summed E-state index contributed by atoms with van der Waals surface area (Å²) in [5.74, 6) is 10.7. The van der Waals surface area contributed by atoms with E-state index in [-0.39, 0.29) is 6.42 Å². The smallest absolute Gasteiger partial charge is 0.303 e. The van der Waals surface area contributed by atoms with Gasteiger partial charge in [-0.2, -0.15) is 0 Å². The molecule has 0 unspecified atom stereocenters. The zero-order valence-corrected chi connectivity index (χ0v) is 14.0. The van der Waals surface area contributed by atoms with Crippen molar-refractivity contribution >= 4 is 21.9 Å². The Hall–Kier alpha value is -1.45. The average Bonchev–Trinajstić information content (AvgIpc) is 2.46. The summed E-state index contributed by atoms with van der Waals surface area (Å²) in [5, 5.41) is 8.44. The summed E-state index contributed by atoms with van der Waals surface area (Å²) >= 11 is 3.22. The molecule has 0 atom stereocenters. The van der Waals surface area contributed by atoms with Gasteiger partial charge < -0.3 is 5.11 Å². The van der Waals surface area contributed by atoms with Gasteiger partial charge in [0.05, 0.1) is 0 Å². The number of carbonyl (C=O) groups is 1. The van der Waals surface area contributed by atoms with Gasteiger partial charge in [-0.15, -0.1) is 0 Å². The predicted octanol–water partition coefficient (Wildman–Crippen LogP) is 5.05. The fraction of sp³-hybridized carbons (Fsp3) is 0.500. The highest BCUT2D eigenvalue weighted by molar-refractivity contribution is 9.11. The first-order chi connectivity index (χ1) is 10.3. The zero-order valence-electron chi connectivity index (χ0n) is 12.4. The lowest BCUT2D eigenvalue weighted by atomic mass is 10.1. The SMILES string of the molecule is O=C(O)CCCC#CC#CCCCCCC/C=C/C=C/Br. The van der Waals surface area contributed by atoms with Gasteiger partial charge in [0.15, 0.2) is 0 Å². The molecule has 0 aliphatic heterocycles. The monoisotopic (exact) mass is 350 g/mol. The fourth-order valence-corrected chi connectivity index (χ4v) is 1.76. The van der Waals surface area contributed by atoms with E-state index in [0.717, 1.165) is 19.3 Å². The maximum absolute atomic E-state index is 10.3. The largest absolute Gasteiger partial charge is 0.481 e. The highest BCUT2D eigenvalue weighted by atomic mass is 79.9. The Morgan fingerprint density at radius 3 is 2.29 bits per heavy atom. The minimum Gasteiger partial charge on any atom is -0.481 e. The molecule has 0 saturated heterocycles. The van der Waals surface area contributed by atoms with E-state index < -0.39 is 5.97 Å². The molecular formula is C18H23BrO2. The molecule has 0 amide bonds. The van der Waals surface area contributed by atoms with Crippen molar-refractivity contribution in [1.29, 1.82) is 0 Å². The molecule has 0 heterocycles. The van der Waals surface area contributed by atoms with Crippen LogP contribution in [0.3, 0.4) is 0 Å². The predicted molar refractivity (Wildman–Crippen MR) is 91.9 cm³/mol. The first-order valence-corrected chi connectivity index (χ1v) is 8.28. The number of carboxylic acid groups (broad SMARTS) is 1. The van der Waals surface area contributed by atoms with Crippen LogP contribution in [0.15, 0.2) is 23.2 Å². The lowest BCUT2D eigenvalue weighted by Crippen LogP contribution is -1.92. The van der Waals surface area contributed by atoms with Gasteiger partial charge in [0.25, 0.3) is 0 Å². The number of allylic oxidation sites excluding steroid dienone is 3. The van der Waals surface area contributed by atoms with Crippen LogP contribution in [-0.4, -0.2) is 11.1 Å². The molecule has 0 spiro atoms. The Morgan fingerprint density at radius 2 is 1.62 bits per heavy atom. The molecule has 2 nitrogen and oxygen atoms in total. The zero-order chi connectivity index (χ0) is 15.6. The molecule has 0 radical (unpaired) electrons. The first kappa shape index (κ1) is 19.6. The van der Waals surface area contributed by atoms with E-state index in [2.05, 4.69) is 51.8 Å². The number of carboxylic acids is 1. The van der Waals surface area contributed by atoms with Crippen molar-refractivity contribution in [3.05, 3.63) is 23.2 Å². The van der Waals surface area contributed by atoms with Crippen LogP contribution in [0.2, 0.25) is 0 Å². The summed E-state index contributed by atoms with van der Waals surface area (Å²) in [6.07, 6.45) is 14.4. The van der Waals surface area contributed by atoms with Crippen molar-refractivity contribution in [2.24, 2.45) is 0 Å². The summed E-state index contributed by atoms with van der Waals surface area (Å²) in [5.41, 5.74) is 0. The second kappa shape index (κ2) is 16.6. The number of rotatable bonds is 10. The molecule has 114 valence electrons. The minimum atomic E-state index is -0.766. The lowest BCUT2D eigenvalue weighted by molar-refractivity contribution is -0.137. The van der Waals surface area contributed by atoms with Crippen molar-refractivity contribution in [2.45, 2.75) is 57.8 Å². The summed E-state index contributed by atoms with van der Waals surface area (Å²) in [4.78, 5) is 12.1. The van der Waals surface area contributed by atoms with E-state index in [1.54, 1.807) is 0 Å². The number of halogens is 1. The Bertz CT molecular complexity index is 441. The van der Waals surface area contributed by atoms with Crippen LogP contribution < -0.4 is 0 Å². The average molecular weight is 351 g/mol. The maximum Gasteiger partial charge on any atom is 0.303 e. The minimum absolute atomic E-state index is 0.184. The van der Waals surface area contributed by atoms with Gasteiger partial charge in [-0.25, -0.2) is 0 Å². The van der Waals surface area contributed by atoms with Gasteiger partial charge in [-0.1, -0.05) is 58.8 Å². The van der Waals surface area contributed by atoms with Crippen LogP contribution in [0.4, 0.5) is 0 Å². The van der Waals surface area contributed by atoms with Crippen LogP contribution in [0, 0.1) is 23.7 Å².